The average molecular weight is 544 g/mol. The third-order valence-corrected chi connectivity index (χ3v) is 7.96. The van der Waals surface area contributed by atoms with Gasteiger partial charge < -0.3 is 10.2 Å². The molecule has 1 aromatic heterocycles. The molecule has 2 heterocycles. The van der Waals surface area contributed by atoms with Crippen molar-refractivity contribution in [1.82, 2.24) is 10.3 Å². The van der Waals surface area contributed by atoms with Gasteiger partial charge in [-0.1, -0.05) is 42.5 Å². The lowest BCUT2D eigenvalue weighted by Crippen LogP contribution is -2.59. The second-order valence-corrected chi connectivity index (χ2v) is 10.5. The van der Waals surface area contributed by atoms with Crippen LogP contribution in [-0.4, -0.2) is 42.4 Å². The molecule has 3 aliphatic rings. The number of aryl methyl sites for hydroxylation is 1. The van der Waals surface area contributed by atoms with Crippen LogP contribution in [-0.2, 0) is 21.5 Å². The highest BCUT2D eigenvalue weighted by Crippen LogP contribution is 2.44. The van der Waals surface area contributed by atoms with Gasteiger partial charge in [0.25, 0.3) is 11.8 Å². The number of hydrogen-bond donors (Lipinski definition) is 1. The number of rotatable bonds is 5. The number of carbonyl (C=O) groups excluding carboxylic acids is 2. The molecule has 1 unspecified atom stereocenters. The van der Waals surface area contributed by atoms with Gasteiger partial charge in [0.1, 0.15) is 11.4 Å². The number of carbonyl (C=O) groups is 2. The Hall–Kier alpha value is -4.32. The topological polar surface area (TPSA) is 89.3 Å². The van der Waals surface area contributed by atoms with E-state index in [1.165, 1.54) is 0 Å². The van der Waals surface area contributed by atoms with Crippen LogP contribution in [0, 0.1) is 11.3 Å². The van der Waals surface area contributed by atoms with Crippen molar-refractivity contribution < 1.29 is 18.4 Å². The molecule has 6 rings (SSSR count). The SMILES string of the molecule is CN(c1ccccc1)C1(C(=O)NC2CC(F)(F)C2)CCc2ccccc21.N#Cc1ccnc(N2CCCC2=O)c1. The fourth-order valence-corrected chi connectivity index (χ4v) is 5.79. The zero-order valence-corrected chi connectivity index (χ0v) is 22.3. The van der Waals surface area contributed by atoms with E-state index in [2.05, 4.69) is 10.3 Å². The van der Waals surface area contributed by atoms with Gasteiger partial charge in [0.05, 0.1) is 11.6 Å². The smallest absolute Gasteiger partial charge is 0.252 e. The molecular formula is C31H31F2N5O2. The van der Waals surface area contributed by atoms with Crippen LogP contribution in [0.3, 0.4) is 0 Å². The Balaban J connectivity index is 0.000000194. The fourth-order valence-electron chi connectivity index (χ4n) is 5.79. The van der Waals surface area contributed by atoms with Gasteiger partial charge in [0, 0.05) is 50.8 Å². The van der Waals surface area contributed by atoms with Crippen molar-refractivity contribution in [2.45, 2.75) is 56.0 Å². The zero-order valence-electron chi connectivity index (χ0n) is 22.3. The van der Waals surface area contributed by atoms with E-state index < -0.39 is 17.5 Å². The molecule has 1 aliphatic heterocycles. The van der Waals surface area contributed by atoms with Crippen LogP contribution in [0.2, 0.25) is 0 Å². The molecule has 1 saturated carbocycles. The molecule has 206 valence electrons. The van der Waals surface area contributed by atoms with E-state index in [0.717, 1.165) is 29.7 Å². The molecular weight excluding hydrogens is 512 g/mol. The van der Waals surface area contributed by atoms with Crippen LogP contribution in [0.25, 0.3) is 0 Å². The second-order valence-electron chi connectivity index (χ2n) is 10.5. The third kappa shape index (κ3) is 5.26. The number of halogens is 2. The van der Waals surface area contributed by atoms with Crippen LogP contribution in [0.1, 0.15) is 48.8 Å². The normalized spacial score (nSPS) is 20.9. The van der Waals surface area contributed by atoms with E-state index in [-0.39, 0.29) is 24.7 Å². The standard InChI is InChI=1S/C21H22F2N2O.C10H9N3O/c1-25(17-8-3-2-4-9-17)21(12-11-15-7-5-6-10-18(15)21)19(26)24-16-13-20(22,23)14-16;11-7-8-3-4-12-9(6-8)13-5-1-2-10(13)14/h2-10,16H,11-14H2,1H3,(H,24,26);3-4,6H,1-2,5H2. The summed E-state index contributed by atoms with van der Waals surface area (Å²) in [6.07, 6.45) is 3.89. The number of anilines is 2. The highest BCUT2D eigenvalue weighted by atomic mass is 19.3. The number of nitrogens with one attached hydrogen (secondary N) is 1. The van der Waals surface area contributed by atoms with Crippen LogP contribution in [0.4, 0.5) is 20.3 Å². The maximum absolute atomic E-state index is 13.4. The number of benzene rings is 2. The summed E-state index contributed by atoms with van der Waals surface area (Å²) in [7, 11) is 1.91. The number of likely N-dealkylation sites (N-methyl/N-ethyl adjacent to an activating group) is 1. The minimum atomic E-state index is -2.65. The number of nitrogens with zero attached hydrogens (tertiary/aromatic N) is 4. The van der Waals surface area contributed by atoms with Gasteiger partial charge >= 0.3 is 0 Å². The first-order valence-electron chi connectivity index (χ1n) is 13.5. The van der Waals surface area contributed by atoms with Gasteiger partial charge in [0.15, 0.2) is 0 Å². The summed E-state index contributed by atoms with van der Waals surface area (Å²) in [6.45, 7) is 0.709. The molecule has 2 fully saturated rings. The summed E-state index contributed by atoms with van der Waals surface area (Å²) in [6, 6.07) is 22.5. The van der Waals surface area contributed by atoms with E-state index in [0.29, 0.717) is 30.8 Å². The van der Waals surface area contributed by atoms with E-state index in [9.17, 15) is 18.4 Å². The largest absolute Gasteiger partial charge is 0.357 e. The maximum Gasteiger partial charge on any atom is 0.252 e. The summed E-state index contributed by atoms with van der Waals surface area (Å²) in [5.74, 6) is -2.15. The number of fused-ring (bicyclic) bond motifs is 1. The first kappa shape index (κ1) is 27.3. The Kier molecular flexibility index (Phi) is 7.53. The van der Waals surface area contributed by atoms with Crippen molar-refractivity contribution in [2.75, 3.05) is 23.4 Å². The molecule has 7 nitrogen and oxygen atoms in total. The monoisotopic (exact) mass is 543 g/mol. The minimum absolute atomic E-state index is 0.0904. The molecule has 1 N–H and O–H groups in total. The van der Waals surface area contributed by atoms with Crippen LogP contribution >= 0.6 is 0 Å². The summed E-state index contributed by atoms with van der Waals surface area (Å²) in [4.78, 5) is 32.4. The van der Waals surface area contributed by atoms with E-state index >= 15 is 0 Å². The number of aromatic nitrogens is 1. The zero-order chi connectivity index (χ0) is 28.3. The molecule has 1 atom stereocenters. The Bertz CT molecular complexity index is 1430. The van der Waals surface area contributed by atoms with E-state index in [4.69, 9.17) is 5.26 Å². The molecule has 2 amide bonds. The minimum Gasteiger partial charge on any atom is -0.357 e. The molecule has 40 heavy (non-hydrogen) atoms. The van der Waals surface area contributed by atoms with Gasteiger partial charge in [-0.3, -0.25) is 14.5 Å². The molecule has 9 heteroatoms. The second kappa shape index (κ2) is 11.0. The quantitative estimate of drug-likeness (QED) is 0.492. The number of para-hydroxylation sites is 1. The van der Waals surface area contributed by atoms with E-state index in [1.807, 2.05) is 72.6 Å². The lowest BCUT2D eigenvalue weighted by Gasteiger charge is -2.43. The van der Waals surface area contributed by atoms with Crippen LogP contribution in [0.5, 0.6) is 0 Å². The highest BCUT2D eigenvalue weighted by molar-refractivity contribution is 5.94. The van der Waals surface area contributed by atoms with Gasteiger partial charge in [-0.2, -0.15) is 5.26 Å². The number of alkyl halides is 2. The Morgan fingerprint density at radius 3 is 2.50 bits per heavy atom. The predicted molar refractivity (Wildman–Crippen MR) is 148 cm³/mol. The van der Waals surface area contributed by atoms with Crippen molar-refractivity contribution >= 4 is 23.3 Å². The Labute approximate surface area is 232 Å². The van der Waals surface area contributed by atoms with E-state index in [1.54, 1.807) is 23.2 Å². The number of hydrogen-bond acceptors (Lipinski definition) is 5. The van der Waals surface area contributed by atoms with Crippen molar-refractivity contribution in [3.05, 3.63) is 89.6 Å². The van der Waals surface area contributed by atoms with Crippen LogP contribution < -0.4 is 15.1 Å². The molecule has 2 aromatic carbocycles. The van der Waals surface area contributed by atoms with Gasteiger partial charge in [-0.15, -0.1) is 0 Å². The number of nitriles is 1. The summed E-state index contributed by atoms with van der Waals surface area (Å²) in [5, 5.41) is 11.6. The molecule has 1 saturated heterocycles. The molecule has 2 aliphatic carbocycles. The summed E-state index contributed by atoms with van der Waals surface area (Å²) in [5.41, 5.74) is 2.70. The molecule has 3 aromatic rings. The number of amides is 2. The van der Waals surface area contributed by atoms with Gasteiger partial charge in [-0.25, -0.2) is 13.8 Å². The average Bonchev–Trinajstić information content (AvgIpc) is 3.57. The predicted octanol–water partition coefficient (Wildman–Crippen LogP) is 4.96. The summed E-state index contributed by atoms with van der Waals surface area (Å²) >= 11 is 0. The molecule has 0 radical (unpaired) electrons. The van der Waals surface area contributed by atoms with Crippen molar-refractivity contribution in [1.29, 1.82) is 5.26 Å². The Morgan fingerprint density at radius 1 is 1.10 bits per heavy atom. The van der Waals surface area contributed by atoms with Gasteiger partial charge in [-0.05, 0) is 54.7 Å². The van der Waals surface area contributed by atoms with Crippen LogP contribution in [0.15, 0.2) is 72.9 Å². The molecule has 0 spiro atoms. The van der Waals surface area contributed by atoms with Crippen molar-refractivity contribution in [3.8, 4) is 6.07 Å². The summed E-state index contributed by atoms with van der Waals surface area (Å²) < 4.78 is 26.4. The number of pyridine rings is 1. The highest BCUT2D eigenvalue weighted by Gasteiger charge is 2.52. The fraction of sp³-hybridized carbons (Fsp3) is 0.355. The van der Waals surface area contributed by atoms with Crippen molar-refractivity contribution in [2.24, 2.45) is 0 Å². The lowest BCUT2D eigenvalue weighted by atomic mass is 9.84. The first-order valence-corrected chi connectivity index (χ1v) is 13.5. The first-order chi connectivity index (χ1) is 19.2. The van der Waals surface area contributed by atoms with Gasteiger partial charge in [0.2, 0.25) is 5.91 Å². The maximum atomic E-state index is 13.4. The Morgan fingerprint density at radius 2 is 1.82 bits per heavy atom. The lowest BCUT2D eigenvalue weighted by molar-refractivity contribution is -0.134. The third-order valence-electron chi connectivity index (χ3n) is 7.96. The van der Waals surface area contributed by atoms with Crippen molar-refractivity contribution in [3.63, 3.8) is 0 Å². The molecule has 0 bridgehead atoms.